The van der Waals surface area contributed by atoms with Crippen LogP contribution >= 0.6 is 0 Å². The monoisotopic (exact) mass is 268 g/mol. The fourth-order valence-corrected chi connectivity index (χ4v) is 4.08. The number of hydrogen-bond acceptors (Lipinski definition) is 4. The topological polar surface area (TPSA) is 44.7 Å². The van der Waals surface area contributed by atoms with Gasteiger partial charge in [0.1, 0.15) is 0 Å². The van der Waals surface area contributed by atoms with Crippen molar-refractivity contribution in [1.82, 2.24) is 10.2 Å². The second kappa shape index (κ2) is 6.08. The summed E-state index contributed by atoms with van der Waals surface area (Å²) in [6, 6.07) is 0.381. The lowest BCUT2D eigenvalue weighted by atomic mass is 9.79. The quantitative estimate of drug-likeness (QED) is 0.802. The lowest BCUT2D eigenvalue weighted by molar-refractivity contribution is -0.0925. The zero-order valence-electron chi connectivity index (χ0n) is 11.9. The van der Waals surface area contributed by atoms with Gasteiger partial charge in [0.25, 0.3) is 0 Å². The first kappa shape index (κ1) is 13.8. The van der Waals surface area contributed by atoms with E-state index in [4.69, 9.17) is 4.74 Å². The van der Waals surface area contributed by atoms with Crippen LogP contribution in [0.5, 0.6) is 0 Å². The van der Waals surface area contributed by atoms with E-state index >= 15 is 0 Å². The van der Waals surface area contributed by atoms with Gasteiger partial charge in [-0.15, -0.1) is 0 Å². The largest absolute Gasteiger partial charge is 0.387 e. The average molecular weight is 268 g/mol. The highest BCUT2D eigenvalue weighted by Gasteiger charge is 2.43. The summed E-state index contributed by atoms with van der Waals surface area (Å²) in [7, 11) is 0. The van der Waals surface area contributed by atoms with Gasteiger partial charge >= 0.3 is 0 Å². The van der Waals surface area contributed by atoms with E-state index in [1.807, 2.05) is 0 Å². The predicted octanol–water partition coefficient (Wildman–Crippen LogP) is 1.13. The first-order valence-corrected chi connectivity index (χ1v) is 8.07. The van der Waals surface area contributed by atoms with E-state index in [0.29, 0.717) is 12.1 Å². The van der Waals surface area contributed by atoms with Crippen molar-refractivity contribution in [2.75, 3.05) is 32.8 Å². The Hall–Kier alpha value is -0.160. The Balaban J connectivity index is 1.51. The molecule has 19 heavy (non-hydrogen) atoms. The number of nitrogens with one attached hydrogen (secondary N) is 1. The molecule has 0 bridgehead atoms. The van der Waals surface area contributed by atoms with Crippen LogP contribution in [-0.2, 0) is 4.74 Å². The molecule has 0 saturated carbocycles. The van der Waals surface area contributed by atoms with Crippen LogP contribution in [0, 0.1) is 0 Å². The molecule has 0 aromatic carbocycles. The number of piperidine rings is 2. The van der Waals surface area contributed by atoms with Crippen LogP contribution in [-0.4, -0.2) is 60.5 Å². The molecule has 3 saturated heterocycles. The maximum absolute atomic E-state index is 11.0. The van der Waals surface area contributed by atoms with Crippen LogP contribution in [0.2, 0.25) is 0 Å². The highest BCUT2D eigenvalue weighted by atomic mass is 16.5. The zero-order chi connectivity index (χ0) is 13.1. The first-order valence-electron chi connectivity index (χ1n) is 8.07. The van der Waals surface area contributed by atoms with Gasteiger partial charge in [0, 0.05) is 25.7 Å². The second-order valence-corrected chi connectivity index (χ2v) is 6.52. The second-order valence-electron chi connectivity index (χ2n) is 6.52. The molecule has 2 N–H and O–H groups in total. The molecule has 110 valence electrons. The minimum absolute atomic E-state index is 0.370. The Morgan fingerprint density at radius 3 is 2.89 bits per heavy atom. The molecule has 0 aromatic rings. The summed E-state index contributed by atoms with van der Waals surface area (Å²) in [6.07, 6.45) is 8.55. The molecular weight excluding hydrogens is 240 g/mol. The number of ether oxygens (including phenoxy) is 1. The van der Waals surface area contributed by atoms with Gasteiger partial charge in [0.05, 0.1) is 11.7 Å². The van der Waals surface area contributed by atoms with Crippen LogP contribution in [0.15, 0.2) is 0 Å². The van der Waals surface area contributed by atoms with Crippen molar-refractivity contribution >= 4 is 0 Å². The van der Waals surface area contributed by atoms with E-state index < -0.39 is 5.60 Å². The number of aliphatic hydroxyl groups is 1. The standard InChI is InChI=1S/C15H28N2O2/c18-15(12-16-11-13-5-3-10-19-13)7-4-9-17-8-2-1-6-14(15)17/h13-14,16,18H,1-12H2/t13-,14-,15-/m1/s1. The minimum Gasteiger partial charge on any atom is -0.387 e. The normalized spacial score (nSPS) is 40.3. The summed E-state index contributed by atoms with van der Waals surface area (Å²) in [5.74, 6) is 0. The predicted molar refractivity (Wildman–Crippen MR) is 75.2 cm³/mol. The van der Waals surface area contributed by atoms with Gasteiger partial charge in [-0.1, -0.05) is 6.42 Å². The van der Waals surface area contributed by atoms with Gasteiger partial charge in [-0.3, -0.25) is 4.90 Å². The molecule has 0 unspecified atom stereocenters. The van der Waals surface area contributed by atoms with E-state index in [1.165, 1.54) is 38.8 Å². The molecular formula is C15H28N2O2. The van der Waals surface area contributed by atoms with E-state index in [-0.39, 0.29) is 0 Å². The smallest absolute Gasteiger partial charge is 0.0926 e. The molecule has 0 radical (unpaired) electrons. The fraction of sp³-hybridized carbons (Fsp3) is 1.00. The van der Waals surface area contributed by atoms with Crippen LogP contribution in [0.1, 0.15) is 44.9 Å². The summed E-state index contributed by atoms with van der Waals surface area (Å²) in [4.78, 5) is 2.51. The van der Waals surface area contributed by atoms with Gasteiger partial charge < -0.3 is 15.2 Å². The van der Waals surface area contributed by atoms with Crippen molar-refractivity contribution in [3.8, 4) is 0 Å². The van der Waals surface area contributed by atoms with Crippen LogP contribution in [0.3, 0.4) is 0 Å². The number of nitrogens with zero attached hydrogens (tertiary/aromatic N) is 1. The van der Waals surface area contributed by atoms with E-state index in [0.717, 1.165) is 39.0 Å². The Bertz CT molecular complexity index is 292. The molecule has 3 fully saturated rings. The van der Waals surface area contributed by atoms with Crippen molar-refractivity contribution in [2.45, 2.75) is 62.7 Å². The van der Waals surface area contributed by atoms with Gasteiger partial charge in [0.15, 0.2) is 0 Å². The Labute approximate surface area is 116 Å². The van der Waals surface area contributed by atoms with Gasteiger partial charge in [-0.05, 0) is 51.6 Å². The molecule has 0 aromatic heterocycles. The Kier molecular flexibility index (Phi) is 4.42. The fourth-order valence-electron chi connectivity index (χ4n) is 4.08. The third-order valence-electron chi connectivity index (χ3n) is 5.12. The molecule has 3 rings (SSSR count). The lowest BCUT2D eigenvalue weighted by Crippen LogP contribution is -2.62. The molecule has 3 atom stereocenters. The Morgan fingerprint density at radius 2 is 2.05 bits per heavy atom. The molecule has 3 aliphatic heterocycles. The van der Waals surface area contributed by atoms with Crippen molar-refractivity contribution in [1.29, 1.82) is 0 Å². The number of rotatable bonds is 4. The number of fused-ring (bicyclic) bond motifs is 1. The molecule has 3 aliphatic rings. The highest BCUT2D eigenvalue weighted by Crippen LogP contribution is 2.33. The third-order valence-corrected chi connectivity index (χ3v) is 5.12. The van der Waals surface area contributed by atoms with Gasteiger partial charge in [-0.25, -0.2) is 0 Å². The highest BCUT2D eigenvalue weighted by molar-refractivity contribution is 4.99. The third kappa shape index (κ3) is 3.13. The maximum Gasteiger partial charge on any atom is 0.0926 e. The van der Waals surface area contributed by atoms with Crippen molar-refractivity contribution in [3.63, 3.8) is 0 Å². The van der Waals surface area contributed by atoms with E-state index in [1.54, 1.807) is 0 Å². The molecule has 4 nitrogen and oxygen atoms in total. The summed E-state index contributed by atoms with van der Waals surface area (Å²) >= 11 is 0. The van der Waals surface area contributed by atoms with Crippen molar-refractivity contribution < 1.29 is 9.84 Å². The van der Waals surface area contributed by atoms with Crippen molar-refractivity contribution in [2.24, 2.45) is 0 Å². The average Bonchev–Trinajstić information content (AvgIpc) is 2.93. The van der Waals surface area contributed by atoms with Gasteiger partial charge in [0.2, 0.25) is 0 Å². The molecule has 3 heterocycles. The summed E-state index contributed by atoms with van der Waals surface area (Å²) < 4.78 is 5.63. The molecule has 0 spiro atoms. The summed E-state index contributed by atoms with van der Waals surface area (Å²) in [5.41, 5.74) is -0.517. The SMILES string of the molecule is O[C@@]1(CNC[C@H]2CCCO2)CCCN2CCCC[C@@H]21. The number of hydrogen-bond donors (Lipinski definition) is 2. The zero-order valence-corrected chi connectivity index (χ0v) is 11.9. The van der Waals surface area contributed by atoms with Crippen LogP contribution in [0.25, 0.3) is 0 Å². The van der Waals surface area contributed by atoms with Crippen molar-refractivity contribution in [3.05, 3.63) is 0 Å². The van der Waals surface area contributed by atoms with E-state index in [9.17, 15) is 5.11 Å². The molecule has 0 amide bonds. The minimum atomic E-state index is -0.517. The van der Waals surface area contributed by atoms with E-state index in [2.05, 4.69) is 10.2 Å². The summed E-state index contributed by atoms with van der Waals surface area (Å²) in [6.45, 7) is 4.90. The summed E-state index contributed by atoms with van der Waals surface area (Å²) in [5, 5.41) is 14.5. The van der Waals surface area contributed by atoms with Crippen LogP contribution < -0.4 is 5.32 Å². The molecule has 4 heteroatoms. The van der Waals surface area contributed by atoms with Crippen LogP contribution in [0.4, 0.5) is 0 Å². The van der Waals surface area contributed by atoms with Gasteiger partial charge in [-0.2, -0.15) is 0 Å². The molecule has 0 aliphatic carbocycles. The Morgan fingerprint density at radius 1 is 1.16 bits per heavy atom. The maximum atomic E-state index is 11.0. The first-order chi connectivity index (χ1) is 9.28. The lowest BCUT2D eigenvalue weighted by Gasteiger charge is -2.49.